The minimum absolute atomic E-state index is 0.179. The molecule has 0 aliphatic carbocycles. The molecule has 8 heteroatoms. The zero-order valence-electron chi connectivity index (χ0n) is 18.2. The molecule has 0 bridgehead atoms. The number of aromatic nitrogens is 1. The van der Waals surface area contributed by atoms with Crippen LogP contribution in [0.3, 0.4) is 0 Å². The van der Waals surface area contributed by atoms with Crippen molar-refractivity contribution >= 4 is 22.7 Å². The molecule has 2 aromatic carbocycles. The van der Waals surface area contributed by atoms with Crippen molar-refractivity contribution in [2.24, 2.45) is 0 Å². The van der Waals surface area contributed by atoms with Crippen molar-refractivity contribution in [3.63, 3.8) is 0 Å². The maximum absolute atomic E-state index is 10.6. The summed E-state index contributed by atoms with van der Waals surface area (Å²) < 4.78 is 15.9. The predicted molar refractivity (Wildman–Crippen MR) is 126 cm³/mol. The molecule has 0 unspecified atom stereocenters. The molecule has 3 aromatic rings. The van der Waals surface area contributed by atoms with Gasteiger partial charge in [0.25, 0.3) is 0 Å². The zero-order valence-corrected chi connectivity index (χ0v) is 19.0. The van der Waals surface area contributed by atoms with Gasteiger partial charge in [0.2, 0.25) is 0 Å². The lowest BCUT2D eigenvalue weighted by Crippen LogP contribution is -2.28. The van der Waals surface area contributed by atoms with Crippen molar-refractivity contribution in [3.05, 3.63) is 64.2 Å². The standard InChI is InChI=1S/C24H25N3O4S/c1-29-17-7-4-15(5-8-17)10-11-27-13-19(28)22(23(27)25)24-26-18(14-32-24)16-6-9-20(30-2)21(12-16)31-3/h4-9,12,14,25,28H,10-11,13H2,1-3H3. The lowest BCUT2D eigenvalue weighted by atomic mass is 10.1. The second-order valence-electron chi connectivity index (χ2n) is 7.30. The van der Waals surface area contributed by atoms with Gasteiger partial charge in [-0.2, -0.15) is 0 Å². The lowest BCUT2D eigenvalue weighted by molar-refractivity contribution is 0.351. The number of benzene rings is 2. The highest BCUT2D eigenvalue weighted by molar-refractivity contribution is 7.11. The van der Waals surface area contributed by atoms with E-state index in [-0.39, 0.29) is 5.76 Å². The molecular weight excluding hydrogens is 426 g/mol. The number of ether oxygens (including phenoxy) is 3. The van der Waals surface area contributed by atoms with Crippen LogP contribution in [-0.2, 0) is 6.42 Å². The Morgan fingerprint density at radius 3 is 2.47 bits per heavy atom. The van der Waals surface area contributed by atoms with Crippen LogP contribution in [0.1, 0.15) is 10.6 Å². The smallest absolute Gasteiger partial charge is 0.161 e. The summed E-state index contributed by atoms with van der Waals surface area (Å²) in [7, 11) is 4.84. The largest absolute Gasteiger partial charge is 0.510 e. The van der Waals surface area contributed by atoms with Crippen molar-refractivity contribution in [1.29, 1.82) is 5.41 Å². The molecule has 0 amide bonds. The topological polar surface area (TPSA) is 87.9 Å². The molecule has 1 aliphatic rings. The van der Waals surface area contributed by atoms with Crippen LogP contribution in [0.25, 0.3) is 16.8 Å². The van der Waals surface area contributed by atoms with Crippen molar-refractivity contribution in [1.82, 2.24) is 9.88 Å². The highest BCUT2D eigenvalue weighted by Gasteiger charge is 2.30. The number of aliphatic hydroxyl groups excluding tert-OH is 1. The van der Waals surface area contributed by atoms with Gasteiger partial charge in [-0.1, -0.05) is 12.1 Å². The van der Waals surface area contributed by atoms with E-state index in [1.54, 1.807) is 21.3 Å². The molecule has 32 heavy (non-hydrogen) atoms. The number of hydrogen-bond acceptors (Lipinski definition) is 7. The van der Waals surface area contributed by atoms with Gasteiger partial charge in [-0.25, -0.2) is 4.98 Å². The molecule has 0 atom stereocenters. The van der Waals surface area contributed by atoms with Gasteiger partial charge in [0, 0.05) is 17.5 Å². The lowest BCUT2D eigenvalue weighted by Gasteiger charge is -2.18. The van der Waals surface area contributed by atoms with Crippen molar-refractivity contribution in [2.45, 2.75) is 6.42 Å². The number of aliphatic hydroxyl groups is 1. The Morgan fingerprint density at radius 2 is 1.78 bits per heavy atom. The number of hydrogen-bond donors (Lipinski definition) is 2. The average molecular weight is 452 g/mol. The molecule has 1 aliphatic heterocycles. The van der Waals surface area contributed by atoms with Gasteiger partial charge in [0.1, 0.15) is 22.4 Å². The average Bonchev–Trinajstić information content (AvgIpc) is 3.41. The maximum Gasteiger partial charge on any atom is 0.161 e. The summed E-state index contributed by atoms with van der Waals surface area (Å²) >= 11 is 1.41. The predicted octanol–water partition coefficient (Wildman–Crippen LogP) is 4.64. The Kier molecular flexibility index (Phi) is 6.32. The van der Waals surface area contributed by atoms with E-state index >= 15 is 0 Å². The molecule has 166 valence electrons. The number of methoxy groups -OCH3 is 3. The summed E-state index contributed by atoms with van der Waals surface area (Å²) in [5.41, 5.74) is 3.29. The molecule has 0 saturated heterocycles. The number of nitrogens with zero attached hydrogens (tertiary/aromatic N) is 2. The highest BCUT2D eigenvalue weighted by Crippen LogP contribution is 2.35. The van der Waals surface area contributed by atoms with Gasteiger partial charge < -0.3 is 24.2 Å². The number of thiazole rings is 1. The van der Waals surface area contributed by atoms with Crippen molar-refractivity contribution in [3.8, 4) is 28.5 Å². The summed E-state index contributed by atoms with van der Waals surface area (Å²) in [6, 6.07) is 13.5. The minimum Gasteiger partial charge on any atom is -0.510 e. The fourth-order valence-electron chi connectivity index (χ4n) is 3.62. The van der Waals surface area contributed by atoms with E-state index in [1.165, 1.54) is 11.3 Å². The molecule has 0 saturated carbocycles. The highest BCUT2D eigenvalue weighted by atomic mass is 32.1. The van der Waals surface area contributed by atoms with Crippen LogP contribution in [0.2, 0.25) is 0 Å². The number of nitrogens with one attached hydrogen (secondary N) is 1. The van der Waals surface area contributed by atoms with Gasteiger partial charge in [-0.3, -0.25) is 5.41 Å². The number of amidine groups is 1. The Hall–Kier alpha value is -3.52. The molecule has 2 N–H and O–H groups in total. The van der Waals surface area contributed by atoms with Crippen LogP contribution >= 0.6 is 11.3 Å². The summed E-state index contributed by atoms with van der Waals surface area (Å²) in [4.78, 5) is 6.56. The zero-order chi connectivity index (χ0) is 22.7. The fraction of sp³-hybridized carbons (Fsp3) is 0.250. The van der Waals surface area contributed by atoms with E-state index in [0.717, 1.165) is 29.0 Å². The van der Waals surface area contributed by atoms with E-state index < -0.39 is 0 Å². The van der Waals surface area contributed by atoms with E-state index in [0.29, 0.717) is 41.0 Å². The maximum atomic E-state index is 10.6. The molecule has 7 nitrogen and oxygen atoms in total. The third-order valence-electron chi connectivity index (χ3n) is 5.41. The third-order valence-corrected chi connectivity index (χ3v) is 6.27. The molecule has 0 spiro atoms. The molecule has 1 aromatic heterocycles. The van der Waals surface area contributed by atoms with E-state index in [1.807, 2.05) is 52.7 Å². The normalized spacial score (nSPS) is 13.6. The molecular formula is C24H25N3O4S. The van der Waals surface area contributed by atoms with Crippen LogP contribution in [-0.4, -0.2) is 55.2 Å². The van der Waals surface area contributed by atoms with Crippen LogP contribution in [0.5, 0.6) is 17.2 Å². The van der Waals surface area contributed by atoms with Gasteiger partial charge in [0.15, 0.2) is 11.5 Å². The summed E-state index contributed by atoms with van der Waals surface area (Å²) in [6.45, 7) is 0.947. The van der Waals surface area contributed by atoms with Crippen molar-refractivity contribution in [2.75, 3.05) is 34.4 Å². The van der Waals surface area contributed by atoms with Crippen LogP contribution in [0, 0.1) is 5.41 Å². The first-order chi connectivity index (χ1) is 15.5. The monoisotopic (exact) mass is 451 g/mol. The SMILES string of the molecule is COc1ccc(CCN2CC(O)=C(c3nc(-c4ccc(OC)c(OC)c4)cs3)C2=N)cc1. The first-order valence-corrected chi connectivity index (χ1v) is 11.0. The molecule has 2 heterocycles. The van der Waals surface area contributed by atoms with E-state index in [2.05, 4.69) is 4.98 Å². The van der Waals surface area contributed by atoms with Crippen LogP contribution in [0.15, 0.2) is 53.6 Å². The quantitative estimate of drug-likeness (QED) is 0.519. The van der Waals surface area contributed by atoms with Gasteiger partial charge >= 0.3 is 0 Å². The van der Waals surface area contributed by atoms with E-state index in [9.17, 15) is 5.11 Å². The first kappa shape index (κ1) is 21.7. The van der Waals surface area contributed by atoms with Crippen molar-refractivity contribution < 1.29 is 19.3 Å². The summed E-state index contributed by atoms with van der Waals surface area (Å²) in [5.74, 6) is 2.57. The number of rotatable bonds is 8. The van der Waals surface area contributed by atoms with Crippen LogP contribution < -0.4 is 14.2 Å². The van der Waals surface area contributed by atoms with Crippen LogP contribution in [0.4, 0.5) is 0 Å². The minimum atomic E-state index is 0.179. The van der Waals surface area contributed by atoms with E-state index in [4.69, 9.17) is 19.6 Å². The Morgan fingerprint density at radius 1 is 1.03 bits per heavy atom. The Bertz CT molecular complexity index is 1150. The fourth-order valence-corrected chi connectivity index (χ4v) is 4.52. The van der Waals surface area contributed by atoms with Gasteiger partial charge in [0.05, 0.1) is 39.1 Å². The second kappa shape index (κ2) is 9.32. The second-order valence-corrected chi connectivity index (χ2v) is 8.16. The van der Waals surface area contributed by atoms with Gasteiger partial charge in [-0.05, 0) is 42.3 Å². The molecule has 0 radical (unpaired) electrons. The molecule has 4 rings (SSSR count). The summed E-state index contributed by atoms with van der Waals surface area (Å²) in [6.07, 6.45) is 0.766. The Labute approximate surface area is 191 Å². The van der Waals surface area contributed by atoms with Gasteiger partial charge in [-0.15, -0.1) is 11.3 Å². The third kappa shape index (κ3) is 4.27. The Balaban J connectivity index is 1.47. The summed E-state index contributed by atoms with van der Waals surface area (Å²) in [5, 5.41) is 21.7. The first-order valence-electron chi connectivity index (χ1n) is 10.1. The molecule has 0 fully saturated rings.